The zero-order valence-electron chi connectivity index (χ0n) is 31.9. The molecule has 5 heteroatoms. The molecule has 0 fully saturated rings. The van der Waals surface area contributed by atoms with Crippen molar-refractivity contribution in [2.45, 2.75) is 0 Å². The summed E-state index contributed by atoms with van der Waals surface area (Å²) in [5.41, 5.74) is 14.0. The van der Waals surface area contributed by atoms with Crippen molar-refractivity contribution < 1.29 is 0 Å². The van der Waals surface area contributed by atoms with E-state index in [4.69, 9.17) is 9.97 Å². The number of rotatable bonds is 6. The molecule has 4 heterocycles. The van der Waals surface area contributed by atoms with Gasteiger partial charge in [-0.25, -0.2) is 9.97 Å². The van der Waals surface area contributed by atoms with Crippen molar-refractivity contribution in [1.82, 2.24) is 23.7 Å². The van der Waals surface area contributed by atoms with Gasteiger partial charge in [-0.15, -0.1) is 0 Å². The number of nitrogens with zero attached hydrogens (tertiary/aromatic N) is 5. The summed E-state index contributed by atoms with van der Waals surface area (Å²) in [5.74, 6) is 0.684. The van der Waals surface area contributed by atoms with Crippen LogP contribution in [-0.4, -0.2) is 23.7 Å². The van der Waals surface area contributed by atoms with Gasteiger partial charge in [-0.2, -0.15) is 0 Å². The van der Waals surface area contributed by atoms with Crippen LogP contribution >= 0.6 is 0 Å². The van der Waals surface area contributed by atoms with Crippen molar-refractivity contribution in [1.29, 1.82) is 0 Å². The molecule has 12 rings (SSSR count). The number of fused-ring (bicyclic) bond motifs is 7. The van der Waals surface area contributed by atoms with Crippen molar-refractivity contribution in [2.24, 2.45) is 0 Å². The fourth-order valence-corrected chi connectivity index (χ4v) is 8.93. The third-order valence-corrected chi connectivity index (χ3v) is 11.6. The van der Waals surface area contributed by atoms with Gasteiger partial charge >= 0.3 is 0 Å². The minimum absolute atomic E-state index is 0.684. The van der Waals surface area contributed by atoms with Crippen molar-refractivity contribution in [3.05, 3.63) is 212 Å². The SMILES string of the molecule is c1ccc(-c2cc(-c3ccccc3)nc(-c3cccc(-n4c5cc6ccn(-c7ccccc7)c6cc5c5cc6c(cc54)c4ccccc4n6-c4ccccc4)c3)n2)cc1. The zero-order valence-corrected chi connectivity index (χ0v) is 31.9. The second-order valence-corrected chi connectivity index (χ2v) is 15.1. The number of aromatic nitrogens is 5. The Morgan fingerprint density at radius 1 is 0.305 bits per heavy atom. The highest BCUT2D eigenvalue weighted by Gasteiger charge is 2.21. The molecule has 0 saturated heterocycles. The predicted octanol–water partition coefficient (Wildman–Crippen LogP) is 13.6. The van der Waals surface area contributed by atoms with Gasteiger partial charge < -0.3 is 13.7 Å². The van der Waals surface area contributed by atoms with Crippen LogP contribution < -0.4 is 0 Å². The Bertz CT molecular complexity index is 3470. The predicted molar refractivity (Wildman–Crippen MR) is 244 cm³/mol. The molecule has 0 spiro atoms. The first-order chi connectivity index (χ1) is 29.2. The van der Waals surface area contributed by atoms with E-state index < -0.39 is 0 Å². The highest BCUT2D eigenvalue weighted by Crippen LogP contribution is 2.41. The first-order valence-electron chi connectivity index (χ1n) is 20.0. The first kappa shape index (κ1) is 33.2. The summed E-state index contributed by atoms with van der Waals surface area (Å²) < 4.78 is 7.13. The molecule has 0 N–H and O–H groups in total. The van der Waals surface area contributed by atoms with E-state index >= 15 is 0 Å². The Hall–Kier alpha value is -8.02. The van der Waals surface area contributed by atoms with E-state index in [2.05, 4.69) is 214 Å². The minimum atomic E-state index is 0.684. The van der Waals surface area contributed by atoms with Crippen molar-refractivity contribution in [3.8, 4) is 51.0 Å². The van der Waals surface area contributed by atoms with Crippen LogP contribution in [0.4, 0.5) is 0 Å². The average Bonchev–Trinajstić information content (AvgIpc) is 3.98. The Labute approximate surface area is 340 Å². The Morgan fingerprint density at radius 3 is 1.46 bits per heavy atom. The summed E-state index contributed by atoms with van der Waals surface area (Å²) >= 11 is 0. The van der Waals surface area contributed by atoms with E-state index in [9.17, 15) is 0 Å². The number of benzene rings is 8. The van der Waals surface area contributed by atoms with Crippen LogP contribution in [0.2, 0.25) is 0 Å². The van der Waals surface area contributed by atoms with Crippen LogP contribution in [0.3, 0.4) is 0 Å². The molecular weight excluding hydrogens is 719 g/mol. The van der Waals surface area contributed by atoms with Crippen molar-refractivity contribution in [3.63, 3.8) is 0 Å². The maximum atomic E-state index is 5.20. The van der Waals surface area contributed by atoms with Gasteiger partial charge in [-0.3, -0.25) is 0 Å². The molecule has 0 aliphatic heterocycles. The van der Waals surface area contributed by atoms with Gasteiger partial charge in [-0.05, 0) is 78.9 Å². The summed E-state index contributed by atoms with van der Waals surface area (Å²) in [7, 11) is 0. The molecule has 4 aromatic heterocycles. The molecular formula is C54H35N5. The van der Waals surface area contributed by atoms with Crippen LogP contribution in [0.15, 0.2) is 212 Å². The van der Waals surface area contributed by atoms with Gasteiger partial charge in [0.15, 0.2) is 5.82 Å². The molecule has 12 aromatic rings. The van der Waals surface area contributed by atoms with Gasteiger partial charge in [0.05, 0.1) is 39.0 Å². The third-order valence-electron chi connectivity index (χ3n) is 11.6. The lowest BCUT2D eigenvalue weighted by atomic mass is 10.1. The topological polar surface area (TPSA) is 40.6 Å². The number of hydrogen-bond acceptors (Lipinski definition) is 2. The third kappa shape index (κ3) is 5.40. The fourth-order valence-electron chi connectivity index (χ4n) is 8.93. The quantitative estimate of drug-likeness (QED) is 0.170. The van der Waals surface area contributed by atoms with Crippen LogP contribution in [0.1, 0.15) is 0 Å². The molecule has 0 aliphatic carbocycles. The molecule has 0 bridgehead atoms. The number of hydrogen-bond donors (Lipinski definition) is 0. The largest absolute Gasteiger partial charge is 0.317 e. The highest BCUT2D eigenvalue weighted by molar-refractivity contribution is 6.20. The molecule has 0 amide bonds. The molecule has 0 saturated carbocycles. The lowest BCUT2D eigenvalue weighted by Gasteiger charge is -2.12. The molecule has 0 unspecified atom stereocenters. The monoisotopic (exact) mass is 753 g/mol. The summed E-state index contributed by atoms with van der Waals surface area (Å²) in [5, 5.41) is 5.99. The Morgan fingerprint density at radius 2 is 0.797 bits per heavy atom. The van der Waals surface area contributed by atoms with E-state index in [1.165, 1.54) is 43.5 Å². The summed E-state index contributed by atoms with van der Waals surface area (Å²) in [6.45, 7) is 0. The van der Waals surface area contributed by atoms with Crippen LogP contribution in [0, 0.1) is 0 Å². The van der Waals surface area contributed by atoms with E-state index in [1.807, 2.05) is 12.1 Å². The van der Waals surface area contributed by atoms with Crippen LogP contribution in [-0.2, 0) is 0 Å². The van der Waals surface area contributed by atoms with Gasteiger partial charge in [0.1, 0.15) is 0 Å². The molecule has 5 nitrogen and oxygen atoms in total. The molecule has 276 valence electrons. The normalized spacial score (nSPS) is 11.7. The van der Waals surface area contributed by atoms with E-state index in [0.717, 1.165) is 56.2 Å². The Kier molecular flexibility index (Phi) is 7.47. The van der Waals surface area contributed by atoms with E-state index in [-0.39, 0.29) is 0 Å². The summed E-state index contributed by atoms with van der Waals surface area (Å²) in [4.78, 5) is 10.4. The highest BCUT2D eigenvalue weighted by atomic mass is 15.0. The lowest BCUT2D eigenvalue weighted by Crippen LogP contribution is -1.98. The molecule has 0 atom stereocenters. The zero-order chi connectivity index (χ0) is 38.9. The maximum Gasteiger partial charge on any atom is 0.160 e. The van der Waals surface area contributed by atoms with E-state index in [0.29, 0.717) is 5.82 Å². The standard InChI is InChI=1S/C54H35N5/c1-5-16-36(17-6-1)47-35-48(37-18-7-2-8-19-37)56-54(55-47)39-20-15-25-42(30-39)59-51-31-38-28-29-57(40-21-9-3-10-22-40)50(38)32-45(51)46-34-52-44(33-53(46)59)43-26-13-14-27-49(43)58(52)41-23-11-4-12-24-41/h1-35H. The Balaban J connectivity index is 1.14. The van der Waals surface area contributed by atoms with Gasteiger partial charge in [0.2, 0.25) is 0 Å². The molecule has 0 radical (unpaired) electrons. The molecule has 0 aliphatic rings. The molecule has 59 heavy (non-hydrogen) atoms. The minimum Gasteiger partial charge on any atom is -0.317 e. The van der Waals surface area contributed by atoms with Gasteiger partial charge in [-0.1, -0.05) is 127 Å². The van der Waals surface area contributed by atoms with Gasteiger partial charge in [0, 0.05) is 66.9 Å². The second-order valence-electron chi connectivity index (χ2n) is 15.1. The lowest BCUT2D eigenvalue weighted by molar-refractivity contribution is 1.13. The average molecular weight is 754 g/mol. The molecule has 8 aromatic carbocycles. The summed E-state index contributed by atoms with van der Waals surface area (Å²) in [6.07, 6.45) is 2.18. The fraction of sp³-hybridized carbons (Fsp3) is 0. The maximum absolute atomic E-state index is 5.20. The smallest absolute Gasteiger partial charge is 0.160 e. The second kappa shape index (κ2) is 13.3. The summed E-state index contributed by atoms with van der Waals surface area (Å²) in [6, 6.07) is 73.3. The van der Waals surface area contributed by atoms with Crippen LogP contribution in [0.25, 0.3) is 105 Å². The first-order valence-corrected chi connectivity index (χ1v) is 20.0. The van der Waals surface area contributed by atoms with E-state index in [1.54, 1.807) is 0 Å². The van der Waals surface area contributed by atoms with Crippen molar-refractivity contribution in [2.75, 3.05) is 0 Å². The number of para-hydroxylation sites is 3. The van der Waals surface area contributed by atoms with Crippen molar-refractivity contribution >= 4 is 54.5 Å². The van der Waals surface area contributed by atoms with Gasteiger partial charge in [0.25, 0.3) is 0 Å². The van der Waals surface area contributed by atoms with Crippen LogP contribution in [0.5, 0.6) is 0 Å².